The number of amides is 2. The third-order valence-electron chi connectivity index (χ3n) is 3.01. The molecule has 0 fully saturated rings. The van der Waals surface area contributed by atoms with Crippen LogP contribution in [0.4, 0.5) is 10.5 Å². The monoisotopic (exact) mass is 340 g/mol. The van der Waals surface area contributed by atoms with Crippen molar-refractivity contribution in [3.63, 3.8) is 0 Å². The van der Waals surface area contributed by atoms with Gasteiger partial charge in [-0.15, -0.1) is 0 Å². The zero-order valence-electron chi connectivity index (χ0n) is 11.8. The number of hydrogen-bond acceptors (Lipinski definition) is 2. The Morgan fingerprint density at radius 2 is 1.75 bits per heavy atom. The number of nitrogens with one attached hydrogen (secondary N) is 2. The van der Waals surface area contributed by atoms with Crippen LogP contribution in [0.5, 0.6) is 0 Å². The van der Waals surface area contributed by atoms with Crippen LogP contribution in [0.3, 0.4) is 0 Å². The first-order valence-corrected chi connectivity index (χ1v) is 10.7. The first-order chi connectivity index (χ1) is 9.56. The molecule has 0 atom stereocenters. The SMILES string of the molecule is CC[As](CC)CCNC(=O)c1ccc(NC(=O)O)cc1. The molecule has 0 bridgehead atoms. The van der Waals surface area contributed by atoms with Gasteiger partial charge in [-0.25, -0.2) is 0 Å². The summed E-state index contributed by atoms with van der Waals surface area (Å²) in [5.41, 5.74) is 1.01. The molecular weight excluding hydrogens is 319 g/mol. The van der Waals surface area contributed by atoms with Crippen LogP contribution in [-0.4, -0.2) is 38.3 Å². The number of hydrogen-bond donors (Lipinski definition) is 3. The Hall–Kier alpha value is -1.48. The van der Waals surface area contributed by atoms with Crippen molar-refractivity contribution in [1.82, 2.24) is 5.32 Å². The summed E-state index contributed by atoms with van der Waals surface area (Å²) in [5.74, 6) is -0.104. The van der Waals surface area contributed by atoms with Gasteiger partial charge in [0.1, 0.15) is 0 Å². The molecule has 0 spiro atoms. The van der Waals surface area contributed by atoms with E-state index in [1.54, 1.807) is 24.3 Å². The van der Waals surface area contributed by atoms with Gasteiger partial charge in [-0.3, -0.25) is 0 Å². The Morgan fingerprint density at radius 3 is 2.25 bits per heavy atom. The molecule has 1 aromatic carbocycles. The number of carbonyl (C=O) groups is 2. The molecule has 0 aliphatic rings. The molecule has 0 aromatic heterocycles. The number of benzene rings is 1. The average molecular weight is 340 g/mol. The van der Waals surface area contributed by atoms with Crippen molar-refractivity contribution in [2.24, 2.45) is 0 Å². The predicted octanol–water partition coefficient (Wildman–Crippen LogP) is 3.04. The number of carboxylic acid groups (broad SMARTS) is 1. The normalized spacial score (nSPS) is 10.3. The van der Waals surface area contributed by atoms with Gasteiger partial charge < -0.3 is 0 Å². The quantitative estimate of drug-likeness (QED) is 0.668. The average Bonchev–Trinajstić information content (AvgIpc) is 2.43. The van der Waals surface area contributed by atoms with E-state index in [0.29, 0.717) is 11.3 Å². The molecule has 0 saturated heterocycles. The molecule has 0 unspecified atom stereocenters. The maximum absolute atomic E-state index is 11.9. The van der Waals surface area contributed by atoms with Crippen LogP contribution < -0.4 is 10.6 Å². The van der Waals surface area contributed by atoms with Gasteiger partial charge in [0.15, 0.2) is 0 Å². The van der Waals surface area contributed by atoms with Crippen LogP contribution in [0.1, 0.15) is 24.2 Å². The molecule has 0 radical (unpaired) electrons. The van der Waals surface area contributed by atoms with Gasteiger partial charge in [0.25, 0.3) is 0 Å². The second-order valence-corrected chi connectivity index (χ2v) is 10.7. The van der Waals surface area contributed by atoms with E-state index in [-0.39, 0.29) is 5.91 Å². The van der Waals surface area contributed by atoms with Crippen molar-refractivity contribution in [1.29, 1.82) is 0 Å². The van der Waals surface area contributed by atoms with E-state index < -0.39 is 20.7 Å². The first kappa shape index (κ1) is 16.6. The predicted molar refractivity (Wildman–Crippen MR) is 81.9 cm³/mol. The molecule has 20 heavy (non-hydrogen) atoms. The van der Waals surface area contributed by atoms with Crippen molar-refractivity contribution in [3.05, 3.63) is 29.8 Å². The third kappa shape index (κ3) is 5.66. The number of anilines is 1. The van der Waals surface area contributed by atoms with E-state index >= 15 is 0 Å². The molecule has 110 valence electrons. The van der Waals surface area contributed by atoms with Crippen LogP contribution in [0, 0.1) is 0 Å². The van der Waals surface area contributed by atoms with Gasteiger partial charge in [-0.1, -0.05) is 0 Å². The molecule has 0 saturated carbocycles. The third-order valence-corrected chi connectivity index (χ3v) is 8.56. The zero-order chi connectivity index (χ0) is 15.0. The summed E-state index contributed by atoms with van der Waals surface area (Å²) < 4.78 is 0. The van der Waals surface area contributed by atoms with E-state index in [0.717, 1.165) is 11.8 Å². The molecule has 5 nitrogen and oxygen atoms in total. The van der Waals surface area contributed by atoms with Crippen LogP contribution in [0.15, 0.2) is 24.3 Å². The zero-order valence-corrected chi connectivity index (χ0v) is 13.7. The Bertz CT molecular complexity index is 444. The van der Waals surface area contributed by atoms with Crippen LogP contribution in [0.2, 0.25) is 15.6 Å². The summed E-state index contributed by atoms with van der Waals surface area (Å²) >= 11 is -0.725. The molecule has 2 amide bonds. The first-order valence-electron chi connectivity index (χ1n) is 6.67. The minimum absolute atomic E-state index is 0.104. The fourth-order valence-electron chi connectivity index (χ4n) is 1.80. The van der Waals surface area contributed by atoms with E-state index in [2.05, 4.69) is 24.5 Å². The van der Waals surface area contributed by atoms with Gasteiger partial charge >= 0.3 is 124 Å². The second-order valence-electron chi connectivity index (χ2n) is 4.29. The second kappa shape index (κ2) is 8.64. The standard InChI is InChI=1S/C14H21AsN2O3/c1-3-15(4-2)9-10-16-13(18)11-5-7-12(8-6-11)17-14(19)20/h5-8,17H,3-4,9-10H2,1-2H3,(H,16,18)(H,19,20). The summed E-state index contributed by atoms with van der Waals surface area (Å²) in [6, 6.07) is 6.41. The minimum atomic E-state index is -1.11. The molecule has 6 heteroatoms. The van der Waals surface area contributed by atoms with Crippen molar-refractivity contribution >= 4 is 32.3 Å². The van der Waals surface area contributed by atoms with Crippen molar-refractivity contribution < 1.29 is 14.7 Å². The van der Waals surface area contributed by atoms with Gasteiger partial charge in [0.2, 0.25) is 0 Å². The summed E-state index contributed by atoms with van der Waals surface area (Å²) in [7, 11) is 0. The van der Waals surface area contributed by atoms with E-state index in [4.69, 9.17) is 5.11 Å². The van der Waals surface area contributed by atoms with Crippen LogP contribution in [0.25, 0.3) is 0 Å². The van der Waals surface area contributed by atoms with E-state index in [1.807, 2.05) is 0 Å². The maximum atomic E-state index is 11.9. The molecule has 0 heterocycles. The van der Waals surface area contributed by atoms with E-state index in [9.17, 15) is 9.59 Å². The molecule has 0 aliphatic carbocycles. The Labute approximate surface area is 124 Å². The molecule has 1 aromatic rings. The van der Waals surface area contributed by atoms with Gasteiger partial charge in [-0.05, 0) is 0 Å². The molecular formula is C14H21AsN2O3. The van der Waals surface area contributed by atoms with Crippen LogP contribution in [-0.2, 0) is 0 Å². The van der Waals surface area contributed by atoms with Crippen molar-refractivity contribution in [2.45, 2.75) is 29.5 Å². The summed E-state index contributed by atoms with van der Waals surface area (Å²) in [4.78, 5) is 22.4. The van der Waals surface area contributed by atoms with Crippen molar-refractivity contribution in [3.8, 4) is 0 Å². The van der Waals surface area contributed by atoms with Gasteiger partial charge in [-0.2, -0.15) is 0 Å². The van der Waals surface area contributed by atoms with Gasteiger partial charge in [0, 0.05) is 0 Å². The van der Waals surface area contributed by atoms with Crippen molar-refractivity contribution in [2.75, 3.05) is 11.9 Å². The Balaban J connectivity index is 2.45. The van der Waals surface area contributed by atoms with Crippen LogP contribution >= 0.6 is 0 Å². The Morgan fingerprint density at radius 1 is 1.15 bits per heavy atom. The Kier molecular flexibility index (Phi) is 7.16. The van der Waals surface area contributed by atoms with E-state index in [1.165, 1.54) is 10.4 Å². The molecule has 1 rings (SSSR count). The van der Waals surface area contributed by atoms with Gasteiger partial charge in [0.05, 0.1) is 0 Å². The fraction of sp³-hybridized carbons (Fsp3) is 0.429. The topological polar surface area (TPSA) is 78.4 Å². The number of rotatable bonds is 7. The summed E-state index contributed by atoms with van der Waals surface area (Å²) in [5, 5.41) is 17.4. The number of carbonyl (C=O) groups excluding carboxylic acids is 1. The molecule has 0 aliphatic heterocycles. The summed E-state index contributed by atoms with van der Waals surface area (Å²) in [6.07, 6.45) is -1.11. The summed E-state index contributed by atoms with van der Waals surface area (Å²) in [6.45, 7) is 5.18. The molecule has 3 N–H and O–H groups in total. The fourth-order valence-corrected chi connectivity index (χ4v) is 4.96.